The second kappa shape index (κ2) is 8.33. The first-order valence-electron chi connectivity index (χ1n) is 4.40. The van der Waals surface area contributed by atoms with Gasteiger partial charge < -0.3 is 15.4 Å². The number of carbonyl (C=O) groups is 1. The third kappa shape index (κ3) is 7.34. The minimum Gasteiger partial charge on any atom is -0.380 e. The van der Waals surface area contributed by atoms with Gasteiger partial charge in [-0.15, -0.1) is 0 Å². The molecule has 0 aromatic heterocycles. The minimum absolute atomic E-state index is 0.127. The van der Waals surface area contributed by atoms with Gasteiger partial charge in [0.15, 0.2) is 0 Å². The lowest BCUT2D eigenvalue weighted by Gasteiger charge is -2.05. The molecule has 0 spiro atoms. The molecule has 0 atom stereocenters. The van der Waals surface area contributed by atoms with Crippen LogP contribution in [0.3, 0.4) is 0 Å². The SMILES string of the molecule is CCCOCCNC(=O)NCC. The zero-order valence-corrected chi connectivity index (χ0v) is 7.85. The van der Waals surface area contributed by atoms with Gasteiger partial charge in [-0.1, -0.05) is 6.92 Å². The van der Waals surface area contributed by atoms with Crippen molar-refractivity contribution in [3.8, 4) is 0 Å². The van der Waals surface area contributed by atoms with Crippen LogP contribution >= 0.6 is 0 Å². The van der Waals surface area contributed by atoms with Crippen LogP contribution in [0.4, 0.5) is 4.79 Å². The van der Waals surface area contributed by atoms with Crippen LogP contribution in [0.1, 0.15) is 20.3 Å². The maximum atomic E-state index is 10.8. The van der Waals surface area contributed by atoms with Crippen molar-refractivity contribution in [2.24, 2.45) is 0 Å². The molecule has 4 heteroatoms. The fourth-order valence-corrected chi connectivity index (χ4v) is 0.706. The second-order valence-electron chi connectivity index (χ2n) is 2.40. The molecule has 2 N–H and O–H groups in total. The van der Waals surface area contributed by atoms with Crippen molar-refractivity contribution in [3.63, 3.8) is 0 Å². The molecule has 0 fully saturated rings. The van der Waals surface area contributed by atoms with Crippen molar-refractivity contribution in [1.82, 2.24) is 10.6 Å². The summed E-state index contributed by atoms with van der Waals surface area (Å²) < 4.78 is 5.17. The number of urea groups is 1. The predicted molar refractivity (Wildman–Crippen MR) is 48.2 cm³/mol. The highest BCUT2D eigenvalue weighted by molar-refractivity contribution is 5.73. The largest absolute Gasteiger partial charge is 0.380 e. The van der Waals surface area contributed by atoms with E-state index >= 15 is 0 Å². The van der Waals surface area contributed by atoms with Crippen molar-refractivity contribution in [3.05, 3.63) is 0 Å². The molecule has 0 bridgehead atoms. The molecule has 12 heavy (non-hydrogen) atoms. The van der Waals surface area contributed by atoms with Gasteiger partial charge >= 0.3 is 6.03 Å². The zero-order valence-electron chi connectivity index (χ0n) is 7.85. The number of carbonyl (C=O) groups excluding carboxylic acids is 1. The highest BCUT2D eigenvalue weighted by atomic mass is 16.5. The Balaban J connectivity index is 3.03. The van der Waals surface area contributed by atoms with Crippen molar-refractivity contribution < 1.29 is 9.53 Å². The molecular formula is C8H18N2O2. The lowest BCUT2D eigenvalue weighted by molar-refractivity contribution is 0.137. The first kappa shape index (κ1) is 11.2. The molecule has 0 aliphatic heterocycles. The number of hydrogen-bond acceptors (Lipinski definition) is 2. The van der Waals surface area contributed by atoms with Gasteiger partial charge in [-0.3, -0.25) is 0 Å². The van der Waals surface area contributed by atoms with Crippen molar-refractivity contribution >= 4 is 6.03 Å². The van der Waals surface area contributed by atoms with Crippen LogP contribution in [0, 0.1) is 0 Å². The van der Waals surface area contributed by atoms with Crippen LogP contribution in [0.2, 0.25) is 0 Å². The van der Waals surface area contributed by atoms with Crippen molar-refractivity contribution in [1.29, 1.82) is 0 Å². The summed E-state index contributed by atoms with van der Waals surface area (Å²) in [5.41, 5.74) is 0. The molecule has 0 heterocycles. The molecule has 0 saturated heterocycles. The lowest BCUT2D eigenvalue weighted by atomic mass is 10.5. The van der Waals surface area contributed by atoms with E-state index in [9.17, 15) is 4.79 Å². The fraction of sp³-hybridized carbons (Fsp3) is 0.875. The normalized spacial score (nSPS) is 9.50. The molecule has 0 unspecified atom stereocenters. The van der Waals surface area contributed by atoms with Crippen LogP contribution in [0.25, 0.3) is 0 Å². The number of rotatable bonds is 6. The Morgan fingerprint density at radius 1 is 1.25 bits per heavy atom. The molecule has 0 aromatic carbocycles. The topological polar surface area (TPSA) is 50.4 Å². The van der Waals surface area contributed by atoms with Gasteiger partial charge in [0, 0.05) is 19.7 Å². The standard InChI is InChI=1S/C8H18N2O2/c1-3-6-12-7-5-10-8(11)9-4-2/h3-7H2,1-2H3,(H2,9,10,11). The third-order valence-corrected chi connectivity index (χ3v) is 1.22. The average molecular weight is 174 g/mol. The van der Waals surface area contributed by atoms with E-state index < -0.39 is 0 Å². The van der Waals surface area contributed by atoms with E-state index in [0.29, 0.717) is 19.7 Å². The Hall–Kier alpha value is -0.770. The highest BCUT2D eigenvalue weighted by Crippen LogP contribution is 1.77. The molecule has 0 rings (SSSR count). The smallest absolute Gasteiger partial charge is 0.314 e. The summed E-state index contributed by atoms with van der Waals surface area (Å²) in [6.45, 7) is 6.51. The van der Waals surface area contributed by atoms with Gasteiger partial charge in [0.25, 0.3) is 0 Å². The van der Waals surface area contributed by atoms with Gasteiger partial charge in [0.1, 0.15) is 0 Å². The molecule has 2 amide bonds. The van der Waals surface area contributed by atoms with Crippen LogP contribution in [-0.4, -0.2) is 32.3 Å². The fourth-order valence-electron chi connectivity index (χ4n) is 0.706. The number of ether oxygens (including phenoxy) is 1. The summed E-state index contributed by atoms with van der Waals surface area (Å²) in [5.74, 6) is 0. The van der Waals surface area contributed by atoms with Crippen molar-refractivity contribution in [2.75, 3.05) is 26.3 Å². The molecule has 0 aromatic rings. The van der Waals surface area contributed by atoms with Crippen LogP contribution in [0.15, 0.2) is 0 Å². The molecule has 0 radical (unpaired) electrons. The van der Waals surface area contributed by atoms with E-state index in [4.69, 9.17) is 4.74 Å². The summed E-state index contributed by atoms with van der Waals surface area (Å²) >= 11 is 0. The van der Waals surface area contributed by atoms with Crippen molar-refractivity contribution in [2.45, 2.75) is 20.3 Å². The van der Waals surface area contributed by atoms with Gasteiger partial charge in [-0.25, -0.2) is 4.79 Å². The monoisotopic (exact) mass is 174 g/mol. The third-order valence-electron chi connectivity index (χ3n) is 1.22. The Morgan fingerprint density at radius 3 is 2.58 bits per heavy atom. The maximum Gasteiger partial charge on any atom is 0.314 e. The molecule has 0 aliphatic carbocycles. The summed E-state index contributed by atoms with van der Waals surface area (Å²) in [6.07, 6.45) is 1.02. The summed E-state index contributed by atoms with van der Waals surface area (Å²) in [5, 5.41) is 5.30. The summed E-state index contributed by atoms with van der Waals surface area (Å²) in [7, 11) is 0. The van der Waals surface area contributed by atoms with E-state index in [1.807, 2.05) is 6.92 Å². The molecule has 72 valence electrons. The van der Waals surface area contributed by atoms with Gasteiger partial charge in [-0.05, 0) is 13.3 Å². The lowest BCUT2D eigenvalue weighted by Crippen LogP contribution is -2.37. The Labute approximate surface area is 73.7 Å². The quantitative estimate of drug-likeness (QED) is 0.583. The minimum atomic E-state index is -0.127. The number of hydrogen-bond donors (Lipinski definition) is 2. The molecule has 0 saturated carbocycles. The molecule has 0 aliphatic rings. The van der Waals surface area contributed by atoms with Gasteiger partial charge in [-0.2, -0.15) is 0 Å². The van der Waals surface area contributed by atoms with E-state index in [1.165, 1.54) is 0 Å². The Bertz CT molecular complexity index is 118. The second-order valence-corrected chi connectivity index (χ2v) is 2.40. The van der Waals surface area contributed by atoms with E-state index in [2.05, 4.69) is 17.6 Å². The van der Waals surface area contributed by atoms with Gasteiger partial charge in [0.05, 0.1) is 6.61 Å². The molecule has 4 nitrogen and oxygen atoms in total. The van der Waals surface area contributed by atoms with E-state index in [1.54, 1.807) is 0 Å². The van der Waals surface area contributed by atoms with Crippen LogP contribution in [0.5, 0.6) is 0 Å². The number of nitrogens with one attached hydrogen (secondary N) is 2. The van der Waals surface area contributed by atoms with Crippen LogP contribution in [-0.2, 0) is 4.74 Å². The summed E-state index contributed by atoms with van der Waals surface area (Å²) in [6, 6.07) is -0.127. The molecular weight excluding hydrogens is 156 g/mol. The average Bonchev–Trinajstić information content (AvgIpc) is 2.05. The highest BCUT2D eigenvalue weighted by Gasteiger charge is 1.94. The Kier molecular flexibility index (Phi) is 7.79. The summed E-state index contributed by atoms with van der Waals surface area (Å²) in [4.78, 5) is 10.8. The predicted octanol–water partition coefficient (Wildman–Crippen LogP) is 0.732. The zero-order chi connectivity index (χ0) is 9.23. The maximum absolute atomic E-state index is 10.8. The number of amides is 2. The van der Waals surface area contributed by atoms with Gasteiger partial charge in [0.2, 0.25) is 0 Å². The van der Waals surface area contributed by atoms with E-state index in [-0.39, 0.29) is 6.03 Å². The first-order valence-corrected chi connectivity index (χ1v) is 4.40. The van der Waals surface area contributed by atoms with Crippen LogP contribution < -0.4 is 10.6 Å². The van der Waals surface area contributed by atoms with E-state index in [0.717, 1.165) is 13.0 Å². The Morgan fingerprint density at radius 2 is 2.00 bits per heavy atom. The first-order chi connectivity index (χ1) is 5.81.